The van der Waals surface area contributed by atoms with Gasteiger partial charge in [-0.1, -0.05) is 6.92 Å². The number of anilines is 1. The molecule has 0 saturated carbocycles. The smallest absolute Gasteiger partial charge is 0.325 e. The van der Waals surface area contributed by atoms with Crippen LogP contribution < -0.4 is 10.5 Å². The summed E-state index contributed by atoms with van der Waals surface area (Å²) >= 11 is 0. The summed E-state index contributed by atoms with van der Waals surface area (Å²) in [5, 5.41) is 0. The predicted octanol–water partition coefficient (Wildman–Crippen LogP) is 1.06. The second-order valence-electron chi connectivity index (χ2n) is 4.25. The van der Waals surface area contributed by atoms with E-state index < -0.39 is 5.97 Å². The fourth-order valence-corrected chi connectivity index (χ4v) is 1.58. The van der Waals surface area contributed by atoms with Gasteiger partial charge < -0.3 is 20.1 Å². The standard InChI is InChI=1S/C14H20N2O4/c1-3-8-16(9-14(18)19-2)13(17)10-20-12-6-4-11(15)5-7-12/h4-7H,3,8-10,15H2,1-2H3. The van der Waals surface area contributed by atoms with Crippen LogP contribution in [-0.4, -0.2) is 43.6 Å². The molecule has 0 aliphatic heterocycles. The van der Waals surface area contributed by atoms with Gasteiger partial charge in [-0.3, -0.25) is 9.59 Å². The molecule has 0 radical (unpaired) electrons. The van der Waals surface area contributed by atoms with Crippen molar-refractivity contribution in [3.63, 3.8) is 0 Å². The number of amides is 1. The van der Waals surface area contributed by atoms with E-state index in [1.807, 2.05) is 6.92 Å². The number of hydrogen-bond donors (Lipinski definition) is 1. The summed E-state index contributed by atoms with van der Waals surface area (Å²) in [4.78, 5) is 24.7. The van der Waals surface area contributed by atoms with Crippen LogP contribution in [0.2, 0.25) is 0 Å². The number of carbonyl (C=O) groups excluding carboxylic acids is 2. The van der Waals surface area contributed by atoms with E-state index in [2.05, 4.69) is 4.74 Å². The number of esters is 1. The van der Waals surface area contributed by atoms with Crippen molar-refractivity contribution in [2.75, 3.05) is 32.5 Å². The minimum atomic E-state index is -0.445. The van der Waals surface area contributed by atoms with Gasteiger partial charge in [0.2, 0.25) is 0 Å². The highest BCUT2D eigenvalue weighted by Crippen LogP contribution is 2.13. The first-order valence-corrected chi connectivity index (χ1v) is 6.39. The lowest BCUT2D eigenvalue weighted by Gasteiger charge is -2.20. The second kappa shape index (κ2) is 8.04. The van der Waals surface area contributed by atoms with Gasteiger partial charge in [-0.25, -0.2) is 0 Å². The van der Waals surface area contributed by atoms with Crippen LogP contribution in [0.3, 0.4) is 0 Å². The third-order valence-electron chi connectivity index (χ3n) is 2.64. The zero-order valence-electron chi connectivity index (χ0n) is 11.8. The molecular weight excluding hydrogens is 260 g/mol. The van der Waals surface area contributed by atoms with Gasteiger partial charge in [-0.05, 0) is 30.7 Å². The second-order valence-corrected chi connectivity index (χ2v) is 4.25. The number of hydrogen-bond acceptors (Lipinski definition) is 5. The molecule has 0 spiro atoms. The minimum Gasteiger partial charge on any atom is -0.484 e. The van der Waals surface area contributed by atoms with Gasteiger partial charge in [0.15, 0.2) is 6.61 Å². The van der Waals surface area contributed by atoms with Gasteiger partial charge in [-0.2, -0.15) is 0 Å². The van der Waals surface area contributed by atoms with Crippen molar-refractivity contribution in [3.05, 3.63) is 24.3 Å². The lowest BCUT2D eigenvalue weighted by Crippen LogP contribution is -2.39. The molecule has 6 heteroatoms. The Hall–Kier alpha value is -2.24. The maximum atomic E-state index is 12.0. The molecule has 0 aromatic heterocycles. The van der Waals surface area contributed by atoms with Crippen LogP contribution in [0.15, 0.2) is 24.3 Å². The fraction of sp³-hybridized carbons (Fsp3) is 0.429. The van der Waals surface area contributed by atoms with E-state index in [-0.39, 0.29) is 19.1 Å². The molecule has 1 aromatic carbocycles. The molecule has 0 saturated heterocycles. The Morgan fingerprint density at radius 2 is 1.90 bits per heavy atom. The van der Waals surface area contributed by atoms with E-state index in [9.17, 15) is 9.59 Å². The molecule has 1 aromatic rings. The quantitative estimate of drug-likeness (QED) is 0.596. The monoisotopic (exact) mass is 280 g/mol. The molecule has 0 aliphatic carbocycles. The Morgan fingerprint density at radius 1 is 1.25 bits per heavy atom. The van der Waals surface area contributed by atoms with Gasteiger partial charge in [0, 0.05) is 12.2 Å². The summed E-state index contributed by atoms with van der Waals surface area (Å²) in [6, 6.07) is 6.76. The molecule has 0 atom stereocenters. The number of nitrogens with zero attached hydrogens (tertiary/aromatic N) is 1. The number of methoxy groups -OCH3 is 1. The van der Waals surface area contributed by atoms with Crippen molar-refractivity contribution in [2.24, 2.45) is 0 Å². The highest BCUT2D eigenvalue weighted by atomic mass is 16.5. The predicted molar refractivity (Wildman–Crippen MR) is 75.2 cm³/mol. The van der Waals surface area contributed by atoms with Crippen molar-refractivity contribution >= 4 is 17.6 Å². The van der Waals surface area contributed by atoms with Crippen molar-refractivity contribution in [2.45, 2.75) is 13.3 Å². The Bertz CT molecular complexity index is 445. The fourth-order valence-electron chi connectivity index (χ4n) is 1.58. The van der Waals surface area contributed by atoms with Gasteiger partial charge in [-0.15, -0.1) is 0 Å². The van der Waals surface area contributed by atoms with Crippen LogP contribution in [0.25, 0.3) is 0 Å². The summed E-state index contributed by atoms with van der Waals surface area (Å²) in [5.74, 6) is -0.143. The molecule has 0 aliphatic rings. The van der Waals surface area contributed by atoms with Gasteiger partial charge in [0.05, 0.1) is 7.11 Å². The molecule has 20 heavy (non-hydrogen) atoms. The SMILES string of the molecule is CCCN(CC(=O)OC)C(=O)COc1ccc(N)cc1. The van der Waals surface area contributed by atoms with Crippen LogP contribution >= 0.6 is 0 Å². The average molecular weight is 280 g/mol. The Kier molecular flexibility index (Phi) is 6.36. The van der Waals surface area contributed by atoms with Crippen molar-refractivity contribution in [3.8, 4) is 5.75 Å². The molecule has 110 valence electrons. The number of ether oxygens (including phenoxy) is 2. The zero-order valence-corrected chi connectivity index (χ0v) is 11.8. The highest BCUT2D eigenvalue weighted by molar-refractivity contribution is 5.83. The maximum absolute atomic E-state index is 12.0. The van der Waals surface area contributed by atoms with E-state index in [4.69, 9.17) is 10.5 Å². The Morgan fingerprint density at radius 3 is 2.45 bits per heavy atom. The first-order chi connectivity index (χ1) is 9.56. The normalized spacial score (nSPS) is 9.90. The topological polar surface area (TPSA) is 81.9 Å². The zero-order chi connectivity index (χ0) is 15.0. The van der Waals surface area contributed by atoms with Crippen LogP contribution in [0.5, 0.6) is 5.75 Å². The highest BCUT2D eigenvalue weighted by Gasteiger charge is 2.17. The summed E-state index contributed by atoms with van der Waals surface area (Å²) in [6.07, 6.45) is 0.755. The number of nitrogens with two attached hydrogens (primary N) is 1. The number of rotatable bonds is 7. The number of carbonyl (C=O) groups is 2. The molecule has 1 rings (SSSR count). The average Bonchev–Trinajstić information content (AvgIpc) is 2.45. The molecule has 0 unspecified atom stereocenters. The lowest BCUT2D eigenvalue weighted by molar-refractivity contribution is -0.147. The molecule has 0 bridgehead atoms. The molecule has 0 heterocycles. The van der Waals surface area contributed by atoms with E-state index in [0.29, 0.717) is 18.0 Å². The van der Waals surface area contributed by atoms with Crippen molar-refractivity contribution in [1.82, 2.24) is 4.90 Å². The van der Waals surface area contributed by atoms with Gasteiger partial charge in [0.1, 0.15) is 12.3 Å². The summed E-state index contributed by atoms with van der Waals surface area (Å²) in [5.41, 5.74) is 6.19. The summed E-state index contributed by atoms with van der Waals surface area (Å²) < 4.78 is 9.93. The lowest BCUT2D eigenvalue weighted by atomic mass is 10.3. The molecule has 0 fully saturated rings. The molecule has 2 N–H and O–H groups in total. The largest absolute Gasteiger partial charge is 0.484 e. The van der Waals surface area contributed by atoms with Crippen LogP contribution in [0.1, 0.15) is 13.3 Å². The van der Waals surface area contributed by atoms with E-state index in [1.165, 1.54) is 12.0 Å². The van der Waals surface area contributed by atoms with Crippen LogP contribution in [0, 0.1) is 0 Å². The van der Waals surface area contributed by atoms with E-state index >= 15 is 0 Å². The van der Waals surface area contributed by atoms with Crippen molar-refractivity contribution < 1.29 is 19.1 Å². The van der Waals surface area contributed by atoms with E-state index in [0.717, 1.165) is 6.42 Å². The first-order valence-electron chi connectivity index (χ1n) is 6.39. The molecule has 6 nitrogen and oxygen atoms in total. The third kappa shape index (κ3) is 5.17. The maximum Gasteiger partial charge on any atom is 0.325 e. The molecule has 1 amide bonds. The van der Waals surface area contributed by atoms with Crippen LogP contribution in [-0.2, 0) is 14.3 Å². The first kappa shape index (κ1) is 15.8. The molecular formula is C14H20N2O4. The number of nitrogen functional groups attached to an aromatic ring is 1. The Balaban J connectivity index is 2.52. The minimum absolute atomic E-state index is 0.0612. The van der Waals surface area contributed by atoms with E-state index in [1.54, 1.807) is 24.3 Å². The summed E-state index contributed by atoms with van der Waals surface area (Å²) in [6.45, 7) is 2.23. The third-order valence-corrected chi connectivity index (χ3v) is 2.64. The van der Waals surface area contributed by atoms with Crippen LogP contribution in [0.4, 0.5) is 5.69 Å². The van der Waals surface area contributed by atoms with Crippen molar-refractivity contribution in [1.29, 1.82) is 0 Å². The van der Waals surface area contributed by atoms with Gasteiger partial charge >= 0.3 is 5.97 Å². The number of benzene rings is 1. The van der Waals surface area contributed by atoms with Gasteiger partial charge in [0.25, 0.3) is 5.91 Å². The Labute approximate surface area is 118 Å². The summed E-state index contributed by atoms with van der Waals surface area (Å²) in [7, 11) is 1.29.